The van der Waals surface area contributed by atoms with Crippen molar-refractivity contribution in [2.45, 2.75) is 19.9 Å². The number of hydrogen-bond donors (Lipinski definition) is 1. The molecule has 0 bridgehead atoms. The van der Waals surface area contributed by atoms with E-state index in [2.05, 4.69) is 60.5 Å². The van der Waals surface area contributed by atoms with Gasteiger partial charge in [-0.15, -0.1) is 0 Å². The number of likely N-dealkylation sites (tertiary alicyclic amines) is 1. The molecule has 2 aromatic carbocycles. The zero-order valence-corrected chi connectivity index (χ0v) is 12.9. The highest BCUT2D eigenvalue weighted by Gasteiger charge is 2.30. The maximum Gasteiger partial charge on any atom is 0.226 e. The maximum absolute atomic E-state index is 12.2. The number of hydrogen-bond acceptors (Lipinski definition) is 2. The van der Waals surface area contributed by atoms with Crippen molar-refractivity contribution in [2.75, 3.05) is 20.1 Å². The van der Waals surface area contributed by atoms with Crippen molar-refractivity contribution in [1.82, 2.24) is 10.2 Å². The second-order valence-electron chi connectivity index (χ2n) is 6.22. The van der Waals surface area contributed by atoms with Crippen molar-refractivity contribution in [2.24, 2.45) is 5.92 Å². The number of fused-ring (bicyclic) bond motifs is 1. The SMILES string of the molecule is Cc1ccc2c(C(C)NC(=O)C3CN(C)C3)cccc2c1. The van der Waals surface area contributed by atoms with E-state index in [9.17, 15) is 4.79 Å². The van der Waals surface area contributed by atoms with Crippen LogP contribution in [-0.2, 0) is 4.79 Å². The summed E-state index contributed by atoms with van der Waals surface area (Å²) in [5, 5.41) is 5.62. The average molecular weight is 282 g/mol. The van der Waals surface area contributed by atoms with E-state index in [1.165, 1.54) is 21.9 Å². The van der Waals surface area contributed by atoms with Crippen LogP contribution in [0.25, 0.3) is 10.8 Å². The minimum absolute atomic E-state index is 0.0369. The Balaban J connectivity index is 1.81. The predicted molar refractivity (Wildman–Crippen MR) is 86.2 cm³/mol. The number of carbonyl (C=O) groups excluding carboxylic acids is 1. The highest BCUT2D eigenvalue weighted by Crippen LogP contribution is 2.25. The zero-order valence-electron chi connectivity index (χ0n) is 12.9. The van der Waals surface area contributed by atoms with Crippen molar-refractivity contribution in [3.05, 3.63) is 47.5 Å². The molecule has 1 aliphatic rings. The Bertz CT molecular complexity index is 674. The standard InChI is InChI=1S/C18H22N2O/c1-12-7-8-17-14(9-12)5-4-6-16(17)13(2)19-18(21)15-10-20(3)11-15/h4-9,13,15H,10-11H2,1-3H3,(H,19,21). The van der Waals surface area contributed by atoms with E-state index in [4.69, 9.17) is 0 Å². The summed E-state index contributed by atoms with van der Waals surface area (Å²) in [5.41, 5.74) is 2.45. The molecule has 1 N–H and O–H groups in total. The van der Waals surface area contributed by atoms with Gasteiger partial charge in [-0.05, 0) is 37.2 Å². The van der Waals surface area contributed by atoms with Gasteiger partial charge in [0.05, 0.1) is 12.0 Å². The molecule has 1 saturated heterocycles. The molecule has 1 aliphatic heterocycles. The van der Waals surface area contributed by atoms with E-state index in [0.29, 0.717) is 0 Å². The van der Waals surface area contributed by atoms with Gasteiger partial charge in [0, 0.05) is 13.1 Å². The Hall–Kier alpha value is -1.87. The lowest BCUT2D eigenvalue weighted by molar-refractivity contribution is -0.130. The fourth-order valence-electron chi connectivity index (χ4n) is 3.08. The molecular weight excluding hydrogens is 260 g/mol. The lowest BCUT2D eigenvalue weighted by Crippen LogP contribution is -2.51. The largest absolute Gasteiger partial charge is 0.349 e. The summed E-state index contributed by atoms with van der Waals surface area (Å²) in [5.74, 6) is 0.319. The summed E-state index contributed by atoms with van der Waals surface area (Å²) in [6, 6.07) is 12.8. The van der Waals surface area contributed by atoms with Crippen LogP contribution in [0.2, 0.25) is 0 Å². The molecule has 21 heavy (non-hydrogen) atoms. The Morgan fingerprint density at radius 1 is 1.29 bits per heavy atom. The highest BCUT2D eigenvalue weighted by molar-refractivity contribution is 5.87. The fraction of sp³-hybridized carbons (Fsp3) is 0.389. The molecule has 1 atom stereocenters. The molecule has 1 fully saturated rings. The minimum Gasteiger partial charge on any atom is -0.349 e. The van der Waals surface area contributed by atoms with Gasteiger partial charge in [-0.25, -0.2) is 0 Å². The van der Waals surface area contributed by atoms with E-state index in [1.54, 1.807) is 0 Å². The summed E-state index contributed by atoms with van der Waals surface area (Å²) in [4.78, 5) is 14.4. The second kappa shape index (κ2) is 5.49. The normalized spacial score (nSPS) is 17.5. The van der Waals surface area contributed by atoms with Crippen LogP contribution in [0.4, 0.5) is 0 Å². The van der Waals surface area contributed by atoms with Crippen molar-refractivity contribution in [3.8, 4) is 0 Å². The van der Waals surface area contributed by atoms with Crippen molar-refractivity contribution < 1.29 is 4.79 Å². The maximum atomic E-state index is 12.2. The molecule has 1 unspecified atom stereocenters. The molecule has 0 radical (unpaired) electrons. The molecule has 0 aliphatic carbocycles. The molecule has 0 saturated carbocycles. The molecule has 0 spiro atoms. The quantitative estimate of drug-likeness (QED) is 0.939. The van der Waals surface area contributed by atoms with E-state index >= 15 is 0 Å². The molecule has 110 valence electrons. The van der Waals surface area contributed by atoms with Gasteiger partial charge >= 0.3 is 0 Å². The number of benzene rings is 2. The Labute approximate surface area is 125 Å². The summed E-state index contributed by atoms with van der Waals surface area (Å²) in [6.07, 6.45) is 0. The lowest BCUT2D eigenvalue weighted by Gasteiger charge is -2.35. The first-order chi connectivity index (χ1) is 10.0. The molecule has 1 amide bonds. The van der Waals surface area contributed by atoms with Gasteiger partial charge in [0.25, 0.3) is 0 Å². The van der Waals surface area contributed by atoms with Crippen LogP contribution in [-0.4, -0.2) is 30.9 Å². The van der Waals surface area contributed by atoms with E-state index in [1.807, 2.05) is 7.05 Å². The van der Waals surface area contributed by atoms with E-state index in [-0.39, 0.29) is 17.9 Å². The van der Waals surface area contributed by atoms with Gasteiger partial charge in [0.15, 0.2) is 0 Å². The molecule has 3 rings (SSSR count). The van der Waals surface area contributed by atoms with Gasteiger partial charge in [-0.2, -0.15) is 0 Å². The van der Waals surface area contributed by atoms with Gasteiger partial charge in [-0.1, -0.05) is 42.0 Å². The van der Waals surface area contributed by atoms with Crippen molar-refractivity contribution >= 4 is 16.7 Å². The number of nitrogens with one attached hydrogen (secondary N) is 1. The van der Waals surface area contributed by atoms with Crippen LogP contribution in [0.3, 0.4) is 0 Å². The molecular formula is C18H22N2O. The molecule has 0 aromatic heterocycles. The number of carbonyl (C=O) groups is 1. The number of aryl methyl sites for hydroxylation is 1. The Morgan fingerprint density at radius 2 is 2.05 bits per heavy atom. The smallest absolute Gasteiger partial charge is 0.226 e. The van der Waals surface area contributed by atoms with Crippen LogP contribution in [0.5, 0.6) is 0 Å². The third-order valence-corrected chi connectivity index (χ3v) is 4.33. The topological polar surface area (TPSA) is 32.3 Å². The summed E-state index contributed by atoms with van der Waals surface area (Å²) >= 11 is 0. The summed E-state index contributed by atoms with van der Waals surface area (Å²) < 4.78 is 0. The number of amides is 1. The molecule has 3 heteroatoms. The van der Waals surface area contributed by atoms with Gasteiger partial charge in [-0.3, -0.25) is 4.79 Å². The second-order valence-corrected chi connectivity index (χ2v) is 6.22. The molecule has 2 aromatic rings. The van der Waals surface area contributed by atoms with E-state index in [0.717, 1.165) is 13.1 Å². The monoisotopic (exact) mass is 282 g/mol. The van der Waals surface area contributed by atoms with Crippen LogP contribution in [0.15, 0.2) is 36.4 Å². The summed E-state index contributed by atoms with van der Waals surface area (Å²) in [7, 11) is 2.04. The van der Waals surface area contributed by atoms with Crippen LogP contribution >= 0.6 is 0 Å². The fourth-order valence-corrected chi connectivity index (χ4v) is 3.08. The molecule has 3 nitrogen and oxygen atoms in total. The van der Waals surface area contributed by atoms with Crippen molar-refractivity contribution in [3.63, 3.8) is 0 Å². The average Bonchev–Trinajstić information content (AvgIpc) is 2.42. The Morgan fingerprint density at radius 3 is 2.76 bits per heavy atom. The van der Waals surface area contributed by atoms with Crippen molar-refractivity contribution in [1.29, 1.82) is 0 Å². The first kappa shape index (κ1) is 14.1. The first-order valence-corrected chi connectivity index (χ1v) is 7.53. The van der Waals surface area contributed by atoms with Crippen LogP contribution < -0.4 is 5.32 Å². The van der Waals surface area contributed by atoms with Crippen LogP contribution in [0.1, 0.15) is 24.1 Å². The molecule has 1 heterocycles. The minimum atomic E-state index is 0.0369. The number of nitrogens with zero attached hydrogens (tertiary/aromatic N) is 1. The van der Waals surface area contributed by atoms with Gasteiger partial charge in [0.2, 0.25) is 5.91 Å². The first-order valence-electron chi connectivity index (χ1n) is 7.53. The van der Waals surface area contributed by atoms with Gasteiger partial charge < -0.3 is 10.2 Å². The Kier molecular flexibility index (Phi) is 3.68. The zero-order chi connectivity index (χ0) is 15.0. The lowest BCUT2D eigenvalue weighted by atomic mass is 9.96. The number of rotatable bonds is 3. The van der Waals surface area contributed by atoms with Crippen LogP contribution in [0, 0.1) is 12.8 Å². The summed E-state index contributed by atoms with van der Waals surface area (Å²) in [6.45, 7) is 5.90. The predicted octanol–water partition coefficient (Wildman–Crippen LogP) is 2.89. The third kappa shape index (κ3) is 2.79. The van der Waals surface area contributed by atoms with E-state index < -0.39 is 0 Å². The third-order valence-electron chi connectivity index (χ3n) is 4.33. The van der Waals surface area contributed by atoms with Gasteiger partial charge in [0.1, 0.15) is 0 Å². The highest BCUT2D eigenvalue weighted by atomic mass is 16.2.